The SMILES string of the molecule is COc1ccccc1C1CC(C(=O)N/N=C/c2ccc(O)cc2)NN1. The number of carbonyl (C=O) groups excluding carboxylic acids is 1. The Balaban J connectivity index is 1.56. The Kier molecular flexibility index (Phi) is 5.27. The summed E-state index contributed by atoms with van der Waals surface area (Å²) in [5.41, 5.74) is 10.4. The van der Waals surface area contributed by atoms with Crippen LogP contribution < -0.4 is 21.0 Å². The van der Waals surface area contributed by atoms with Crippen molar-refractivity contribution in [3.8, 4) is 11.5 Å². The molecular formula is C18H20N4O3. The molecule has 1 saturated heterocycles. The monoisotopic (exact) mass is 340 g/mol. The first-order valence-corrected chi connectivity index (χ1v) is 7.93. The lowest BCUT2D eigenvalue weighted by molar-refractivity contribution is -0.122. The summed E-state index contributed by atoms with van der Waals surface area (Å²) in [5.74, 6) is 0.748. The molecule has 25 heavy (non-hydrogen) atoms. The quantitative estimate of drug-likeness (QED) is 0.488. The highest BCUT2D eigenvalue weighted by molar-refractivity contribution is 5.85. The molecule has 2 aromatic carbocycles. The molecule has 0 spiro atoms. The van der Waals surface area contributed by atoms with E-state index in [1.165, 1.54) is 6.21 Å². The van der Waals surface area contributed by atoms with E-state index in [0.29, 0.717) is 6.42 Å². The molecule has 7 heteroatoms. The second-order valence-electron chi connectivity index (χ2n) is 5.70. The van der Waals surface area contributed by atoms with Crippen molar-refractivity contribution in [2.45, 2.75) is 18.5 Å². The third-order valence-corrected chi connectivity index (χ3v) is 4.02. The zero-order valence-electron chi connectivity index (χ0n) is 13.8. The van der Waals surface area contributed by atoms with Gasteiger partial charge in [-0.25, -0.2) is 16.3 Å². The lowest BCUT2D eigenvalue weighted by Crippen LogP contribution is -2.41. The number of hydrogen-bond acceptors (Lipinski definition) is 6. The summed E-state index contributed by atoms with van der Waals surface area (Å²) in [7, 11) is 1.63. The minimum Gasteiger partial charge on any atom is -0.508 e. The van der Waals surface area contributed by atoms with Gasteiger partial charge in [-0.15, -0.1) is 0 Å². The van der Waals surface area contributed by atoms with E-state index >= 15 is 0 Å². The van der Waals surface area contributed by atoms with Gasteiger partial charge in [0.05, 0.1) is 19.4 Å². The van der Waals surface area contributed by atoms with E-state index in [-0.39, 0.29) is 17.7 Å². The Hall–Kier alpha value is -2.90. The average Bonchev–Trinajstić information content (AvgIpc) is 3.13. The average molecular weight is 340 g/mol. The van der Waals surface area contributed by atoms with Crippen LogP contribution in [0, 0.1) is 0 Å². The van der Waals surface area contributed by atoms with Crippen molar-refractivity contribution in [1.29, 1.82) is 0 Å². The summed E-state index contributed by atoms with van der Waals surface area (Å²) in [5, 5.41) is 13.2. The number of benzene rings is 2. The van der Waals surface area contributed by atoms with Gasteiger partial charge < -0.3 is 9.84 Å². The van der Waals surface area contributed by atoms with Crippen LogP contribution in [-0.4, -0.2) is 30.4 Å². The molecule has 2 unspecified atom stereocenters. The molecule has 0 aromatic heterocycles. The number of para-hydroxylation sites is 1. The fourth-order valence-corrected chi connectivity index (χ4v) is 2.70. The molecule has 130 valence electrons. The van der Waals surface area contributed by atoms with Crippen LogP contribution in [0.15, 0.2) is 53.6 Å². The standard InChI is InChI=1S/C18H20N4O3/c1-25-17-5-3-2-4-14(17)15-10-16(21-20-15)18(24)22-19-11-12-6-8-13(23)9-7-12/h2-9,11,15-16,20-21,23H,10H2,1H3,(H,22,24)/b19-11+. The van der Waals surface area contributed by atoms with Crippen molar-refractivity contribution >= 4 is 12.1 Å². The van der Waals surface area contributed by atoms with Gasteiger partial charge in [0.15, 0.2) is 0 Å². The fourth-order valence-electron chi connectivity index (χ4n) is 2.70. The summed E-state index contributed by atoms with van der Waals surface area (Å²) in [6.07, 6.45) is 2.11. The van der Waals surface area contributed by atoms with E-state index in [1.807, 2.05) is 24.3 Å². The van der Waals surface area contributed by atoms with E-state index in [0.717, 1.165) is 16.9 Å². The third-order valence-electron chi connectivity index (χ3n) is 4.02. The summed E-state index contributed by atoms with van der Waals surface area (Å²) in [4.78, 5) is 12.2. The predicted molar refractivity (Wildman–Crippen MR) is 94.3 cm³/mol. The van der Waals surface area contributed by atoms with Crippen molar-refractivity contribution in [3.63, 3.8) is 0 Å². The van der Waals surface area contributed by atoms with Crippen molar-refractivity contribution in [1.82, 2.24) is 16.3 Å². The highest BCUT2D eigenvalue weighted by atomic mass is 16.5. The van der Waals surface area contributed by atoms with Crippen LogP contribution in [0.25, 0.3) is 0 Å². The molecule has 1 amide bonds. The number of ether oxygens (including phenoxy) is 1. The number of carbonyl (C=O) groups is 1. The number of hydrazine groups is 1. The molecule has 2 aromatic rings. The maximum absolute atomic E-state index is 12.2. The van der Waals surface area contributed by atoms with Gasteiger partial charge >= 0.3 is 0 Å². The first-order chi connectivity index (χ1) is 12.2. The number of methoxy groups -OCH3 is 1. The topological polar surface area (TPSA) is 95.0 Å². The van der Waals surface area contributed by atoms with E-state index < -0.39 is 6.04 Å². The van der Waals surface area contributed by atoms with Gasteiger partial charge in [-0.2, -0.15) is 5.10 Å². The number of phenols is 1. The number of phenolic OH excluding ortho intramolecular Hbond substituents is 1. The molecule has 3 rings (SSSR count). The zero-order valence-corrected chi connectivity index (χ0v) is 13.8. The summed E-state index contributed by atoms with van der Waals surface area (Å²) in [6.45, 7) is 0. The minimum absolute atomic E-state index is 0.0204. The second-order valence-corrected chi connectivity index (χ2v) is 5.70. The van der Waals surface area contributed by atoms with E-state index in [4.69, 9.17) is 4.74 Å². The smallest absolute Gasteiger partial charge is 0.258 e. The lowest BCUT2D eigenvalue weighted by atomic mass is 10.0. The van der Waals surface area contributed by atoms with Gasteiger partial charge in [-0.05, 0) is 42.3 Å². The maximum atomic E-state index is 12.2. The highest BCUT2D eigenvalue weighted by Crippen LogP contribution is 2.29. The first-order valence-electron chi connectivity index (χ1n) is 7.93. The zero-order chi connectivity index (χ0) is 17.6. The fraction of sp³-hybridized carbons (Fsp3) is 0.222. The molecule has 1 heterocycles. The third kappa shape index (κ3) is 4.14. The summed E-state index contributed by atoms with van der Waals surface area (Å²) in [6, 6.07) is 13.8. The molecule has 0 bridgehead atoms. The number of nitrogens with one attached hydrogen (secondary N) is 3. The van der Waals surface area contributed by atoms with Crippen LogP contribution >= 0.6 is 0 Å². The van der Waals surface area contributed by atoms with Gasteiger partial charge in [-0.1, -0.05) is 18.2 Å². The summed E-state index contributed by atoms with van der Waals surface area (Å²) >= 11 is 0. The molecule has 0 aliphatic carbocycles. The van der Waals surface area contributed by atoms with Gasteiger partial charge in [-0.3, -0.25) is 4.79 Å². The van der Waals surface area contributed by atoms with Crippen LogP contribution in [-0.2, 0) is 4.79 Å². The predicted octanol–water partition coefficient (Wildman–Crippen LogP) is 1.46. The largest absolute Gasteiger partial charge is 0.508 e. The normalized spacial score (nSPS) is 19.9. The molecule has 1 fully saturated rings. The van der Waals surface area contributed by atoms with E-state index in [9.17, 15) is 9.90 Å². The van der Waals surface area contributed by atoms with Crippen molar-refractivity contribution in [3.05, 3.63) is 59.7 Å². The lowest BCUT2D eigenvalue weighted by Gasteiger charge is -2.13. The molecule has 1 aliphatic rings. The number of aromatic hydroxyl groups is 1. The van der Waals surface area contributed by atoms with Gasteiger partial charge in [0.1, 0.15) is 17.5 Å². The van der Waals surface area contributed by atoms with Crippen LogP contribution in [0.2, 0.25) is 0 Å². The minimum atomic E-state index is -0.396. The molecular weight excluding hydrogens is 320 g/mol. The Bertz CT molecular complexity index is 761. The molecule has 0 radical (unpaired) electrons. The Morgan fingerprint density at radius 2 is 2.00 bits per heavy atom. The molecule has 1 aliphatic heterocycles. The van der Waals surface area contributed by atoms with Gasteiger partial charge in [0, 0.05) is 5.56 Å². The van der Waals surface area contributed by atoms with Crippen LogP contribution in [0.3, 0.4) is 0 Å². The van der Waals surface area contributed by atoms with Crippen molar-refractivity contribution < 1.29 is 14.6 Å². The second kappa shape index (κ2) is 7.78. The number of nitrogens with zero attached hydrogens (tertiary/aromatic N) is 1. The van der Waals surface area contributed by atoms with Gasteiger partial charge in [0.2, 0.25) is 0 Å². The van der Waals surface area contributed by atoms with E-state index in [1.54, 1.807) is 31.4 Å². The Morgan fingerprint density at radius 3 is 2.76 bits per heavy atom. The Morgan fingerprint density at radius 1 is 1.24 bits per heavy atom. The number of hydrogen-bond donors (Lipinski definition) is 4. The van der Waals surface area contributed by atoms with E-state index in [2.05, 4.69) is 21.4 Å². The molecule has 0 saturated carbocycles. The van der Waals surface area contributed by atoms with Crippen LogP contribution in [0.1, 0.15) is 23.6 Å². The number of hydrazone groups is 1. The number of rotatable bonds is 5. The van der Waals surface area contributed by atoms with Crippen molar-refractivity contribution in [2.75, 3.05) is 7.11 Å². The number of amides is 1. The van der Waals surface area contributed by atoms with Crippen LogP contribution in [0.5, 0.6) is 11.5 Å². The molecule has 2 atom stereocenters. The maximum Gasteiger partial charge on any atom is 0.258 e. The molecule has 4 N–H and O–H groups in total. The van der Waals surface area contributed by atoms with Crippen LogP contribution in [0.4, 0.5) is 0 Å². The van der Waals surface area contributed by atoms with Gasteiger partial charge in [0.25, 0.3) is 5.91 Å². The summed E-state index contributed by atoms with van der Waals surface area (Å²) < 4.78 is 5.37. The highest BCUT2D eigenvalue weighted by Gasteiger charge is 2.31. The van der Waals surface area contributed by atoms with Crippen molar-refractivity contribution in [2.24, 2.45) is 5.10 Å². The first kappa shape index (κ1) is 16.9. The Labute approximate surface area is 145 Å². The molecule has 7 nitrogen and oxygen atoms in total.